The van der Waals surface area contributed by atoms with Crippen molar-refractivity contribution in [1.29, 1.82) is 0 Å². The molecular formula is C17H17N5O3. The molecule has 25 heavy (non-hydrogen) atoms. The van der Waals surface area contributed by atoms with Gasteiger partial charge in [0.1, 0.15) is 6.26 Å². The first-order chi connectivity index (χ1) is 12.1. The molecule has 1 aliphatic heterocycles. The molecule has 4 heterocycles. The van der Waals surface area contributed by atoms with Crippen LogP contribution in [0.1, 0.15) is 46.4 Å². The average Bonchev–Trinajstić information content (AvgIpc) is 3.20. The molecule has 0 aromatic carbocycles. The molecule has 3 aromatic heterocycles. The minimum Gasteiger partial charge on any atom is -0.364 e. The van der Waals surface area contributed by atoms with Crippen molar-refractivity contribution in [2.75, 3.05) is 13.1 Å². The van der Waals surface area contributed by atoms with Crippen molar-refractivity contribution in [2.45, 2.75) is 24.7 Å². The van der Waals surface area contributed by atoms with Gasteiger partial charge in [-0.2, -0.15) is 0 Å². The SMILES string of the molecule is Cn1[nH]c(=O)c2c(C(=O)N3CC(c4ccon4)C3)cc(C3CC3)nc21. The normalized spacial score (nSPS) is 17.9. The standard InChI is InChI=1S/C17H17N5O3/c1-21-15-14(16(23)19-21)11(6-13(18-15)9-2-3-9)17(24)22-7-10(8-22)12-4-5-25-20-12/h4-6,9-10H,2-3,7-8H2,1H3,(H,19,23). The summed E-state index contributed by atoms with van der Waals surface area (Å²) in [5, 5.41) is 7.02. The second-order valence-corrected chi connectivity index (χ2v) is 6.90. The maximum atomic E-state index is 13.0. The number of amides is 1. The molecule has 0 bridgehead atoms. The molecule has 0 atom stereocenters. The Morgan fingerprint density at radius 1 is 1.28 bits per heavy atom. The van der Waals surface area contributed by atoms with E-state index in [9.17, 15) is 9.59 Å². The summed E-state index contributed by atoms with van der Waals surface area (Å²) in [5.74, 6) is 0.475. The lowest BCUT2D eigenvalue weighted by Gasteiger charge is -2.38. The largest absolute Gasteiger partial charge is 0.364 e. The fourth-order valence-electron chi connectivity index (χ4n) is 3.47. The van der Waals surface area contributed by atoms with Crippen molar-refractivity contribution in [3.8, 4) is 0 Å². The molecule has 1 aliphatic carbocycles. The van der Waals surface area contributed by atoms with Gasteiger partial charge in [0.15, 0.2) is 5.65 Å². The lowest BCUT2D eigenvalue weighted by atomic mass is 9.95. The number of carbonyl (C=O) groups excluding carboxylic acids is 1. The first-order valence-electron chi connectivity index (χ1n) is 8.41. The zero-order chi connectivity index (χ0) is 17.1. The predicted octanol–water partition coefficient (Wildman–Crippen LogP) is 1.37. The van der Waals surface area contributed by atoms with Crippen LogP contribution in [0.5, 0.6) is 0 Å². The molecule has 0 spiro atoms. The molecule has 0 unspecified atom stereocenters. The van der Waals surface area contributed by atoms with Crippen molar-refractivity contribution in [3.63, 3.8) is 0 Å². The van der Waals surface area contributed by atoms with Gasteiger partial charge in [0.2, 0.25) is 0 Å². The van der Waals surface area contributed by atoms with Crippen LogP contribution < -0.4 is 5.56 Å². The third kappa shape index (κ3) is 2.20. The Bertz CT molecular complexity index is 1020. The molecule has 128 valence electrons. The van der Waals surface area contributed by atoms with Crippen LogP contribution >= 0.6 is 0 Å². The van der Waals surface area contributed by atoms with Gasteiger partial charge < -0.3 is 9.42 Å². The first kappa shape index (κ1) is 14.4. The van der Waals surface area contributed by atoms with E-state index < -0.39 is 0 Å². The number of nitrogens with one attached hydrogen (secondary N) is 1. The number of aryl methyl sites for hydroxylation is 1. The Morgan fingerprint density at radius 2 is 2.08 bits per heavy atom. The summed E-state index contributed by atoms with van der Waals surface area (Å²) in [6.07, 6.45) is 3.71. The lowest BCUT2D eigenvalue weighted by molar-refractivity contribution is 0.0597. The molecule has 8 nitrogen and oxygen atoms in total. The smallest absolute Gasteiger partial charge is 0.274 e. The number of hydrogen-bond acceptors (Lipinski definition) is 5. The topological polar surface area (TPSA) is 97.0 Å². The van der Waals surface area contributed by atoms with Crippen molar-refractivity contribution in [1.82, 2.24) is 24.8 Å². The predicted molar refractivity (Wildman–Crippen MR) is 88.5 cm³/mol. The Kier molecular flexibility index (Phi) is 2.92. The number of pyridine rings is 1. The zero-order valence-corrected chi connectivity index (χ0v) is 13.7. The fourth-order valence-corrected chi connectivity index (χ4v) is 3.47. The van der Waals surface area contributed by atoms with Crippen LogP contribution in [0.15, 0.2) is 27.7 Å². The maximum absolute atomic E-state index is 13.0. The van der Waals surface area contributed by atoms with Gasteiger partial charge in [-0.1, -0.05) is 5.16 Å². The summed E-state index contributed by atoms with van der Waals surface area (Å²) in [6, 6.07) is 3.63. The van der Waals surface area contributed by atoms with Crippen LogP contribution in [0.25, 0.3) is 11.0 Å². The minimum atomic E-state index is -0.274. The number of fused-ring (bicyclic) bond motifs is 1. The van der Waals surface area contributed by atoms with E-state index in [0.717, 1.165) is 24.2 Å². The summed E-state index contributed by atoms with van der Waals surface area (Å²) >= 11 is 0. The summed E-state index contributed by atoms with van der Waals surface area (Å²) in [6.45, 7) is 1.16. The van der Waals surface area contributed by atoms with Crippen molar-refractivity contribution >= 4 is 16.9 Å². The van der Waals surface area contributed by atoms with E-state index >= 15 is 0 Å². The molecular weight excluding hydrogens is 322 g/mol. The Morgan fingerprint density at radius 3 is 2.76 bits per heavy atom. The molecule has 2 aliphatic rings. The molecule has 1 amide bonds. The Labute approximate surface area is 142 Å². The van der Waals surface area contributed by atoms with Crippen molar-refractivity contribution in [2.24, 2.45) is 7.05 Å². The number of rotatable bonds is 3. The first-order valence-corrected chi connectivity index (χ1v) is 8.41. The van der Waals surface area contributed by atoms with Crippen molar-refractivity contribution in [3.05, 3.63) is 45.7 Å². The van der Waals surface area contributed by atoms with Crippen LogP contribution in [-0.2, 0) is 7.05 Å². The lowest BCUT2D eigenvalue weighted by Crippen LogP contribution is -2.48. The molecule has 8 heteroatoms. The van der Waals surface area contributed by atoms with E-state index in [-0.39, 0.29) is 17.4 Å². The molecule has 1 saturated carbocycles. The summed E-state index contributed by atoms with van der Waals surface area (Å²) < 4.78 is 6.46. The van der Waals surface area contributed by atoms with Gasteiger partial charge in [-0.25, -0.2) is 4.98 Å². The van der Waals surface area contributed by atoms with E-state index in [4.69, 9.17) is 4.52 Å². The van der Waals surface area contributed by atoms with Gasteiger partial charge in [-0.15, -0.1) is 0 Å². The molecule has 0 radical (unpaired) electrons. The average molecular weight is 339 g/mol. The minimum absolute atomic E-state index is 0.120. The monoisotopic (exact) mass is 339 g/mol. The number of aromatic nitrogens is 4. The second-order valence-electron chi connectivity index (χ2n) is 6.90. The van der Waals surface area contributed by atoms with Gasteiger partial charge in [0.05, 0.1) is 16.6 Å². The number of likely N-dealkylation sites (tertiary alicyclic amines) is 1. The second kappa shape index (κ2) is 5.05. The van der Waals surface area contributed by atoms with Gasteiger partial charge in [0, 0.05) is 43.7 Å². The van der Waals surface area contributed by atoms with Gasteiger partial charge in [-0.3, -0.25) is 19.4 Å². The fraction of sp³-hybridized carbons (Fsp3) is 0.412. The molecule has 1 N–H and O–H groups in total. The Balaban J connectivity index is 1.51. The highest BCUT2D eigenvalue weighted by atomic mass is 16.5. The maximum Gasteiger partial charge on any atom is 0.274 e. The molecule has 5 rings (SSSR count). The van der Waals surface area contributed by atoms with E-state index in [1.807, 2.05) is 6.07 Å². The number of H-pyrrole nitrogens is 1. The van der Waals surface area contributed by atoms with Crippen LogP contribution in [0.4, 0.5) is 0 Å². The van der Waals surface area contributed by atoms with Gasteiger partial charge in [-0.05, 0) is 18.9 Å². The summed E-state index contributed by atoms with van der Waals surface area (Å²) in [7, 11) is 1.74. The van der Waals surface area contributed by atoms with Crippen LogP contribution in [0.2, 0.25) is 0 Å². The number of carbonyl (C=O) groups is 1. The van der Waals surface area contributed by atoms with E-state index in [0.29, 0.717) is 35.6 Å². The number of nitrogens with zero attached hydrogens (tertiary/aromatic N) is 4. The van der Waals surface area contributed by atoms with E-state index in [1.54, 1.807) is 22.7 Å². The molecule has 1 saturated heterocycles. The Hall–Kier alpha value is -2.90. The highest BCUT2D eigenvalue weighted by Gasteiger charge is 2.36. The van der Waals surface area contributed by atoms with E-state index in [1.165, 1.54) is 6.26 Å². The number of aromatic amines is 1. The molecule has 2 fully saturated rings. The van der Waals surface area contributed by atoms with Gasteiger partial charge in [0.25, 0.3) is 11.5 Å². The summed E-state index contributed by atoms with van der Waals surface area (Å²) in [4.78, 5) is 31.6. The van der Waals surface area contributed by atoms with Crippen LogP contribution in [-0.4, -0.2) is 43.8 Å². The highest BCUT2D eigenvalue weighted by molar-refractivity contribution is 6.05. The van der Waals surface area contributed by atoms with Gasteiger partial charge >= 0.3 is 0 Å². The van der Waals surface area contributed by atoms with E-state index in [2.05, 4.69) is 15.2 Å². The quantitative estimate of drug-likeness (QED) is 0.777. The van der Waals surface area contributed by atoms with Crippen molar-refractivity contribution < 1.29 is 9.32 Å². The third-order valence-corrected chi connectivity index (χ3v) is 5.11. The third-order valence-electron chi connectivity index (χ3n) is 5.11. The zero-order valence-electron chi connectivity index (χ0n) is 13.7. The highest BCUT2D eigenvalue weighted by Crippen LogP contribution is 2.40. The van der Waals surface area contributed by atoms with Crippen LogP contribution in [0, 0.1) is 0 Å². The number of hydrogen-bond donors (Lipinski definition) is 1. The summed E-state index contributed by atoms with van der Waals surface area (Å²) in [5.41, 5.74) is 2.49. The van der Waals surface area contributed by atoms with Crippen LogP contribution in [0.3, 0.4) is 0 Å². The molecule has 3 aromatic rings.